The van der Waals surface area contributed by atoms with Gasteiger partial charge in [-0.1, -0.05) is 51.1 Å². The summed E-state index contributed by atoms with van der Waals surface area (Å²) in [5.74, 6) is -0.0122. The van der Waals surface area contributed by atoms with E-state index in [1.807, 2.05) is 52.7 Å². The van der Waals surface area contributed by atoms with E-state index in [1.54, 1.807) is 0 Å². The van der Waals surface area contributed by atoms with E-state index in [9.17, 15) is 9.59 Å². The Hall–Kier alpha value is -3.03. The molecule has 1 unspecified atom stereocenters. The SMILES string of the molecule is CC(C)(C)c1ccc(C(=O)Nc2nc(C3CCCN3CC(=O)N3CCc4ccccc43)cs2)cc1. The number of anilines is 2. The van der Waals surface area contributed by atoms with Crippen LogP contribution in [0.25, 0.3) is 0 Å². The monoisotopic (exact) mass is 488 g/mol. The molecule has 1 N–H and O–H groups in total. The zero-order valence-corrected chi connectivity index (χ0v) is 21.4. The Labute approximate surface area is 211 Å². The number of aromatic nitrogens is 1. The topological polar surface area (TPSA) is 65.5 Å². The first-order valence-corrected chi connectivity index (χ1v) is 13.2. The molecule has 3 heterocycles. The fourth-order valence-electron chi connectivity index (χ4n) is 4.99. The van der Waals surface area contributed by atoms with Crippen molar-refractivity contribution < 1.29 is 9.59 Å². The van der Waals surface area contributed by atoms with Crippen molar-refractivity contribution in [3.8, 4) is 0 Å². The number of nitrogens with one attached hydrogen (secondary N) is 1. The van der Waals surface area contributed by atoms with Gasteiger partial charge in [0, 0.05) is 23.2 Å². The summed E-state index contributed by atoms with van der Waals surface area (Å²) < 4.78 is 0. The zero-order valence-electron chi connectivity index (χ0n) is 20.6. The second-order valence-electron chi connectivity index (χ2n) is 10.4. The van der Waals surface area contributed by atoms with E-state index in [2.05, 4.69) is 37.1 Å². The number of thiazole rings is 1. The molecule has 7 heteroatoms. The number of likely N-dealkylation sites (tertiary alicyclic amines) is 1. The second kappa shape index (κ2) is 9.55. The second-order valence-corrected chi connectivity index (χ2v) is 11.3. The van der Waals surface area contributed by atoms with Crippen molar-refractivity contribution in [2.24, 2.45) is 0 Å². The van der Waals surface area contributed by atoms with E-state index in [1.165, 1.54) is 22.5 Å². The summed E-state index contributed by atoms with van der Waals surface area (Å²) in [5.41, 5.74) is 5.08. The van der Waals surface area contributed by atoms with E-state index < -0.39 is 0 Å². The molecule has 2 amide bonds. The van der Waals surface area contributed by atoms with Crippen LogP contribution in [-0.2, 0) is 16.6 Å². The van der Waals surface area contributed by atoms with Gasteiger partial charge in [0.2, 0.25) is 5.91 Å². The highest BCUT2D eigenvalue weighted by Crippen LogP contribution is 2.35. The van der Waals surface area contributed by atoms with E-state index >= 15 is 0 Å². The molecule has 2 aliphatic heterocycles. The lowest BCUT2D eigenvalue weighted by atomic mass is 9.87. The minimum absolute atomic E-state index is 0.0475. The molecule has 1 aromatic heterocycles. The molecule has 2 aromatic carbocycles. The van der Waals surface area contributed by atoms with Crippen LogP contribution >= 0.6 is 11.3 Å². The Morgan fingerprint density at radius 2 is 1.86 bits per heavy atom. The van der Waals surface area contributed by atoms with Crippen molar-refractivity contribution in [3.05, 3.63) is 76.3 Å². The maximum atomic E-state index is 13.1. The molecule has 5 rings (SSSR count). The fourth-order valence-corrected chi connectivity index (χ4v) is 5.75. The third-order valence-corrected chi connectivity index (χ3v) is 7.76. The van der Waals surface area contributed by atoms with Crippen molar-refractivity contribution >= 4 is 34.0 Å². The van der Waals surface area contributed by atoms with Crippen LogP contribution in [0.3, 0.4) is 0 Å². The normalized spacial score (nSPS) is 18.0. The van der Waals surface area contributed by atoms with Gasteiger partial charge in [0.05, 0.1) is 18.3 Å². The van der Waals surface area contributed by atoms with E-state index in [-0.39, 0.29) is 23.3 Å². The van der Waals surface area contributed by atoms with Gasteiger partial charge in [-0.05, 0) is 60.5 Å². The number of hydrogen-bond acceptors (Lipinski definition) is 5. The van der Waals surface area contributed by atoms with Crippen LogP contribution in [0.1, 0.15) is 66.8 Å². The van der Waals surface area contributed by atoms with Crippen LogP contribution in [0.4, 0.5) is 10.8 Å². The van der Waals surface area contributed by atoms with Gasteiger partial charge in [-0.25, -0.2) is 4.98 Å². The molecule has 182 valence electrons. The largest absolute Gasteiger partial charge is 0.311 e. The van der Waals surface area contributed by atoms with Crippen LogP contribution < -0.4 is 10.2 Å². The molecule has 6 nitrogen and oxygen atoms in total. The quantitative estimate of drug-likeness (QED) is 0.521. The van der Waals surface area contributed by atoms with Crippen molar-refractivity contribution in [1.82, 2.24) is 9.88 Å². The molecule has 0 bridgehead atoms. The number of para-hydroxylation sites is 1. The molecule has 3 aromatic rings. The summed E-state index contributed by atoms with van der Waals surface area (Å²) in [7, 11) is 0. The first kappa shape index (κ1) is 23.7. The number of carbonyl (C=O) groups is 2. The summed E-state index contributed by atoms with van der Waals surface area (Å²) in [4.78, 5) is 34.8. The lowest BCUT2D eigenvalue weighted by Crippen LogP contribution is -2.39. The third-order valence-electron chi connectivity index (χ3n) is 6.99. The Bertz CT molecular complexity index is 1230. The van der Waals surface area contributed by atoms with Gasteiger partial charge in [0.15, 0.2) is 5.13 Å². The summed E-state index contributed by atoms with van der Waals surface area (Å²) >= 11 is 1.44. The number of nitrogens with zero attached hydrogens (tertiary/aromatic N) is 3. The highest BCUT2D eigenvalue weighted by molar-refractivity contribution is 7.14. The average Bonchev–Trinajstić information content (AvgIpc) is 3.58. The fraction of sp³-hybridized carbons (Fsp3) is 0.393. The van der Waals surface area contributed by atoms with Crippen molar-refractivity contribution in [1.29, 1.82) is 0 Å². The molecule has 0 spiro atoms. The lowest BCUT2D eigenvalue weighted by Gasteiger charge is -2.25. The minimum Gasteiger partial charge on any atom is -0.311 e. The Kier molecular flexibility index (Phi) is 6.47. The first-order valence-electron chi connectivity index (χ1n) is 12.3. The maximum absolute atomic E-state index is 13.1. The van der Waals surface area contributed by atoms with Gasteiger partial charge >= 0.3 is 0 Å². The maximum Gasteiger partial charge on any atom is 0.257 e. The van der Waals surface area contributed by atoms with Crippen LogP contribution in [0, 0.1) is 0 Å². The number of carbonyl (C=O) groups excluding carboxylic acids is 2. The van der Waals surface area contributed by atoms with Gasteiger partial charge in [0.1, 0.15) is 0 Å². The van der Waals surface area contributed by atoms with E-state index in [0.29, 0.717) is 17.2 Å². The third kappa shape index (κ3) is 5.02. The van der Waals surface area contributed by atoms with Crippen molar-refractivity contribution in [2.75, 3.05) is 29.9 Å². The van der Waals surface area contributed by atoms with E-state index in [0.717, 1.165) is 43.7 Å². The van der Waals surface area contributed by atoms with E-state index in [4.69, 9.17) is 4.98 Å². The van der Waals surface area contributed by atoms with Crippen LogP contribution in [0.2, 0.25) is 0 Å². The Morgan fingerprint density at radius 3 is 2.63 bits per heavy atom. The molecule has 35 heavy (non-hydrogen) atoms. The predicted octanol–water partition coefficient (Wildman–Crippen LogP) is 5.42. The smallest absolute Gasteiger partial charge is 0.257 e. The van der Waals surface area contributed by atoms with Gasteiger partial charge in [0.25, 0.3) is 5.91 Å². The average molecular weight is 489 g/mol. The predicted molar refractivity (Wildman–Crippen MR) is 141 cm³/mol. The molecular weight excluding hydrogens is 456 g/mol. The number of amides is 2. The zero-order chi connectivity index (χ0) is 24.6. The number of hydrogen-bond donors (Lipinski definition) is 1. The highest BCUT2D eigenvalue weighted by atomic mass is 32.1. The molecule has 1 atom stereocenters. The molecule has 2 aliphatic rings. The summed E-state index contributed by atoms with van der Waals surface area (Å²) in [5, 5.41) is 5.55. The summed E-state index contributed by atoms with van der Waals surface area (Å²) in [6, 6.07) is 16.0. The molecule has 0 aliphatic carbocycles. The van der Waals surface area contributed by atoms with Gasteiger partial charge < -0.3 is 4.90 Å². The van der Waals surface area contributed by atoms with Gasteiger partial charge in [-0.2, -0.15) is 0 Å². The van der Waals surface area contributed by atoms with Gasteiger partial charge in [-0.3, -0.25) is 19.8 Å². The van der Waals surface area contributed by atoms with Crippen LogP contribution in [0.5, 0.6) is 0 Å². The molecule has 0 radical (unpaired) electrons. The summed E-state index contributed by atoms with van der Waals surface area (Å²) in [6.45, 7) is 8.49. The highest BCUT2D eigenvalue weighted by Gasteiger charge is 2.32. The molecule has 1 saturated heterocycles. The standard InChI is InChI=1S/C28H32N4O2S/c1-28(2,3)21-12-10-20(11-13-21)26(34)30-27-29-22(18-35-27)24-9-6-15-31(24)17-25(33)32-16-14-19-7-4-5-8-23(19)32/h4-5,7-8,10-13,18,24H,6,9,14-17H2,1-3H3,(H,29,30,34). The first-order chi connectivity index (χ1) is 16.8. The molecule has 0 saturated carbocycles. The Morgan fingerprint density at radius 1 is 1.09 bits per heavy atom. The van der Waals surface area contributed by atoms with Gasteiger partial charge in [-0.15, -0.1) is 11.3 Å². The number of benzene rings is 2. The number of rotatable bonds is 5. The number of fused-ring (bicyclic) bond motifs is 1. The van der Waals surface area contributed by atoms with Crippen LogP contribution in [0.15, 0.2) is 53.9 Å². The molecular formula is C28H32N4O2S. The summed E-state index contributed by atoms with van der Waals surface area (Å²) in [6.07, 6.45) is 2.92. The minimum atomic E-state index is -0.155. The van der Waals surface area contributed by atoms with Crippen molar-refractivity contribution in [3.63, 3.8) is 0 Å². The van der Waals surface area contributed by atoms with Crippen LogP contribution in [-0.4, -0.2) is 41.3 Å². The van der Waals surface area contributed by atoms with Crippen molar-refractivity contribution in [2.45, 2.75) is 51.5 Å². The molecule has 1 fully saturated rings. The lowest BCUT2D eigenvalue weighted by molar-refractivity contribution is -0.119. The Balaban J connectivity index is 1.22.